The summed E-state index contributed by atoms with van der Waals surface area (Å²) in [5, 5.41) is 13.1. The summed E-state index contributed by atoms with van der Waals surface area (Å²) in [5.41, 5.74) is 0.500. The van der Waals surface area contributed by atoms with Crippen LogP contribution in [-0.4, -0.2) is 17.0 Å². The number of carboxylic acids is 1. The number of amides is 1. The predicted octanol–water partition coefficient (Wildman–Crippen LogP) is 3.24. The van der Waals surface area contributed by atoms with Crippen molar-refractivity contribution in [3.8, 4) is 0 Å². The van der Waals surface area contributed by atoms with Gasteiger partial charge in [-0.25, -0.2) is 4.79 Å². The molecule has 1 unspecified atom stereocenters. The van der Waals surface area contributed by atoms with Crippen molar-refractivity contribution >= 4 is 29.3 Å². The van der Waals surface area contributed by atoms with Gasteiger partial charge in [-0.15, -0.1) is 11.3 Å². The van der Waals surface area contributed by atoms with Gasteiger partial charge in [-0.3, -0.25) is 4.79 Å². The average molecular weight is 305 g/mol. The van der Waals surface area contributed by atoms with E-state index >= 15 is 0 Å². The first-order valence-electron chi connectivity index (χ1n) is 6.32. The van der Waals surface area contributed by atoms with E-state index in [1.54, 1.807) is 11.4 Å². The molecule has 0 saturated carbocycles. The molecule has 2 rings (SSSR count). The number of aliphatic carboxylic acids is 1. The first-order valence-corrected chi connectivity index (χ1v) is 7.20. The Bertz CT molecular complexity index is 683. The molecule has 1 amide bonds. The second-order valence-corrected chi connectivity index (χ2v) is 5.50. The lowest BCUT2D eigenvalue weighted by molar-refractivity contribution is -0.131. The molecule has 21 heavy (non-hydrogen) atoms. The van der Waals surface area contributed by atoms with Gasteiger partial charge in [-0.05, 0) is 38.1 Å². The first-order chi connectivity index (χ1) is 9.95. The van der Waals surface area contributed by atoms with Crippen LogP contribution in [0.4, 0.5) is 0 Å². The van der Waals surface area contributed by atoms with Gasteiger partial charge in [0.1, 0.15) is 11.5 Å². The molecule has 0 aromatic carbocycles. The number of furan rings is 1. The highest BCUT2D eigenvalue weighted by Gasteiger charge is 2.15. The third-order valence-corrected chi connectivity index (χ3v) is 3.71. The van der Waals surface area contributed by atoms with Crippen LogP contribution in [0.5, 0.6) is 0 Å². The van der Waals surface area contributed by atoms with Crippen LogP contribution in [0.1, 0.15) is 39.7 Å². The summed E-state index contributed by atoms with van der Waals surface area (Å²) in [6, 6.07) is 5.09. The second-order valence-electron chi connectivity index (χ2n) is 4.55. The minimum absolute atomic E-state index is 0.220. The van der Waals surface area contributed by atoms with E-state index in [1.807, 2.05) is 26.0 Å². The molecule has 0 saturated heterocycles. The Morgan fingerprint density at radius 2 is 2.19 bits per heavy atom. The molecule has 2 aromatic heterocycles. The molecule has 2 aromatic rings. The maximum atomic E-state index is 12.1. The van der Waals surface area contributed by atoms with Crippen molar-refractivity contribution in [3.63, 3.8) is 0 Å². The van der Waals surface area contributed by atoms with Gasteiger partial charge in [0.15, 0.2) is 0 Å². The van der Waals surface area contributed by atoms with Gasteiger partial charge in [0, 0.05) is 16.3 Å². The molecular formula is C15H15NO4S. The third kappa shape index (κ3) is 4.06. The van der Waals surface area contributed by atoms with Crippen molar-refractivity contribution < 1.29 is 19.1 Å². The number of carboxylic acid groups (broad SMARTS) is 1. The van der Waals surface area contributed by atoms with Crippen molar-refractivity contribution in [2.75, 3.05) is 0 Å². The first kappa shape index (κ1) is 15.1. The number of hydrogen-bond acceptors (Lipinski definition) is 4. The summed E-state index contributed by atoms with van der Waals surface area (Å²) < 4.78 is 5.46. The Labute approximate surface area is 125 Å². The van der Waals surface area contributed by atoms with Gasteiger partial charge >= 0.3 is 5.97 Å². The van der Waals surface area contributed by atoms with Crippen LogP contribution in [-0.2, 0) is 4.79 Å². The van der Waals surface area contributed by atoms with Crippen LogP contribution >= 0.6 is 11.3 Å². The van der Waals surface area contributed by atoms with Crippen LogP contribution in [0.15, 0.2) is 34.1 Å². The lowest BCUT2D eigenvalue weighted by atomic mass is 10.2. The van der Waals surface area contributed by atoms with Crippen LogP contribution in [0.2, 0.25) is 0 Å². The van der Waals surface area contributed by atoms with E-state index in [9.17, 15) is 9.59 Å². The summed E-state index contributed by atoms with van der Waals surface area (Å²) in [4.78, 5) is 23.3. The van der Waals surface area contributed by atoms with Crippen LogP contribution in [0, 0.1) is 6.92 Å². The van der Waals surface area contributed by atoms with Crippen LogP contribution < -0.4 is 5.32 Å². The van der Waals surface area contributed by atoms with Crippen LogP contribution in [0.3, 0.4) is 0 Å². The molecule has 6 heteroatoms. The highest BCUT2D eigenvalue weighted by atomic mass is 32.1. The predicted molar refractivity (Wildman–Crippen MR) is 80.3 cm³/mol. The molecule has 0 aliphatic carbocycles. The third-order valence-electron chi connectivity index (χ3n) is 2.81. The Hall–Kier alpha value is -2.34. The fourth-order valence-electron chi connectivity index (χ4n) is 1.75. The number of nitrogens with one attached hydrogen (secondary N) is 1. The fraction of sp³-hybridized carbons (Fsp3) is 0.200. The number of carbonyl (C=O) groups excluding carboxylic acids is 1. The molecule has 1 atom stereocenters. The van der Waals surface area contributed by atoms with Gasteiger partial charge in [0.25, 0.3) is 5.91 Å². The summed E-state index contributed by atoms with van der Waals surface area (Å²) >= 11 is 1.31. The van der Waals surface area contributed by atoms with E-state index < -0.39 is 5.97 Å². The molecule has 2 heterocycles. The monoisotopic (exact) mass is 305 g/mol. The molecule has 2 N–H and O–H groups in total. The van der Waals surface area contributed by atoms with E-state index in [2.05, 4.69) is 5.32 Å². The topological polar surface area (TPSA) is 79.5 Å². The smallest absolute Gasteiger partial charge is 0.328 e. The largest absolute Gasteiger partial charge is 0.478 e. The zero-order valence-electron chi connectivity index (χ0n) is 11.6. The van der Waals surface area contributed by atoms with E-state index in [0.717, 1.165) is 11.8 Å². The average Bonchev–Trinajstić information content (AvgIpc) is 3.05. The van der Waals surface area contributed by atoms with Crippen molar-refractivity contribution in [1.82, 2.24) is 5.32 Å². The minimum Gasteiger partial charge on any atom is -0.478 e. The summed E-state index contributed by atoms with van der Waals surface area (Å²) in [6.07, 6.45) is 2.50. The van der Waals surface area contributed by atoms with E-state index in [1.165, 1.54) is 17.4 Å². The lowest BCUT2D eigenvalue weighted by Gasteiger charge is -2.10. The number of carbonyl (C=O) groups is 2. The highest BCUT2D eigenvalue weighted by Crippen LogP contribution is 2.19. The molecule has 0 aliphatic heterocycles. The Kier molecular flexibility index (Phi) is 4.59. The number of hydrogen-bond donors (Lipinski definition) is 2. The number of aryl methyl sites for hydroxylation is 1. The number of rotatable bonds is 5. The quantitative estimate of drug-likeness (QED) is 0.831. The SMILES string of the molecule is Cc1ccc(C(C)NC(=O)c2csc(C=CC(=O)O)c2)o1. The van der Waals surface area contributed by atoms with Gasteiger partial charge in [0.2, 0.25) is 0 Å². The fourth-order valence-corrected chi connectivity index (χ4v) is 2.53. The molecule has 0 aliphatic rings. The molecule has 5 nitrogen and oxygen atoms in total. The van der Waals surface area contributed by atoms with E-state index in [0.29, 0.717) is 16.2 Å². The highest BCUT2D eigenvalue weighted by molar-refractivity contribution is 7.11. The maximum Gasteiger partial charge on any atom is 0.328 e. The second kappa shape index (κ2) is 6.41. The Balaban J connectivity index is 2.02. The van der Waals surface area contributed by atoms with Gasteiger partial charge in [-0.1, -0.05) is 0 Å². The van der Waals surface area contributed by atoms with Crippen molar-refractivity contribution in [3.05, 3.63) is 51.6 Å². The zero-order chi connectivity index (χ0) is 15.4. The molecule has 0 bridgehead atoms. The molecule has 0 fully saturated rings. The van der Waals surface area contributed by atoms with Gasteiger partial charge in [-0.2, -0.15) is 0 Å². The maximum absolute atomic E-state index is 12.1. The van der Waals surface area contributed by atoms with Crippen LogP contribution in [0.25, 0.3) is 6.08 Å². The standard InChI is InChI=1S/C15H15NO4S/c1-9-3-5-13(20-9)10(2)16-15(19)11-7-12(21-8-11)4-6-14(17)18/h3-8,10H,1-2H3,(H,16,19)(H,17,18). The van der Waals surface area contributed by atoms with E-state index in [4.69, 9.17) is 9.52 Å². The van der Waals surface area contributed by atoms with Gasteiger partial charge < -0.3 is 14.8 Å². The Morgan fingerprint density at radius 3 is 2.81 bits per heavy atom. The summed E-state index contributed by atoms with van der Waals surface area (Å²) in [5.74, 6) is 0.254. The van der Waals surface area contributed by atoms with Crippen molar-refractivity contribution in [2.24, 2.45) is 0 Å². The Morgan fingerprint density at radius 1 is 1.43 bits per heavy atom. The number of thiophene rings is 1. The lowest BCUT2D eigenvalue weighted by Crippen LogP contribution is -2.25. The van der Waals surface area contributed by atoms with Gasteiger partial charge in [0.05, 0.1) is 11.6 Å². The minimum atomic E-state index is -1.02. The van der Waals surface area contributed by atoms with Crippen molar-refractivity contribution in [2.45, 2.75) is 19.9 Å². The van der Waals surface area contributed by atoms with E-state index in [-0.39, 0.29) is 11.9 Å². The summed E-state index contributed by atoms with van der Waals surface area (Å²) in [7, 11) is 0. The summed E-state index contributed by atoms with van der Waals surface area (Å²) in [6.45, 7) is 3.69. The normalized spacial score (nSPS) is 12.5. The zero-order valence-corrected chi connectivity index (χ0v) is 12.4. The molecule has 0 radical (unpaired) electrons. The molecule has 0 spiro atoms. The molecular weight excluding hydrogens is 290 g/mol. The van der Waals surface area contributed by atoms with Crippen molar-refractivity contribution in [1.29, 1.82) is 0 Å². The molecule has 110 valence electrons.